The lowest BCUT2D eigenvalue weighted by molar-refractivity contribution is 0.398. The van der Waals surface area contributed by atoms with Crippen LogP contribution >= 0.6 is 0 Å². The van der Waals surface area contributed by atoms with Crippen LogP contribution in [-0.2, 0) is 0 Å². The van der Waals surface area contributed by atoms with Gasteiger partial charge in [-0.1, -0.05) is 0 Å². The number of anilines is 2. The highest BCUT2D eigenvalue weighted by Crippen LogP contribution is 2.22. The van der Waals surface area contributed by atoms with E-state index in [0.717, 1.165) is 0 Å². The first-order chi connectivity index (χ1) is 7.19. The summed E-state index contributed by atoms with van der Waals surface area (Å²) in [6, 6.07) is 5.52. The van der Waals surface area contributed by atoms with Crippen molar-refractivity contribution in [1.29, 1.82) is 5.26 Å². The zero-order valence-corrected chi connectivity index (χ0v) is 8.90. The van der Waals surface area contributed by atoms with Crippen molar-refractivity contribution in [1.82, 2.24) is 4.98 Å². The van der Waals surface area contributed by atoms with E-state index in [1.54, 1.807) is 19.2 Å². The second kappa shape index (κ2) is 5.05. The Morgan fingerprint density at radius 1 is 1.60 bits per heavy atom. The van der Waals surface area contributed by atoms with Gasteiger partial charge in [0.15, 0.2) is 5.82 Å². The minimum Gasteiger partial charge on any atom is -0.481 e. The van der Waals surface area contributed by atoms with Crippen LogP contribution in [0.2, 0.25) is 0 Å². The smallest absolute Gasteiger partial charge is 0.215 e. The standard InChI is InChI=1S/C10H14N4O/c1-14(7-3-6-11)10-8(12)4-5-9(13-10)15-2/h4-5H,3,7,12H2,1-2H3. The van der Waals surface area contributed by atoms with Gasteiger partial charge in [0.25, 0.3) is 0 Å². The Morgan fingerprint density at radius 2 is 2.33 bits per heavy atom. The third-order valence-corrected chi connectivity index (χ3v) is 2.01. The minimum atomic E-state index is 0.439. The van der Waals surface area contributed by atoms with Gasteiger partial charge in [0.1, 0.15) is 0 Å². The van der Waals surface area contributed by atoms with Gasteiger partial charge in [-0.25, -0.2) is 0 Å². The van der Waals surface area contributed by atoms with Crippen LogP contribution in [0, 0.1) is 11.3 Å². The van der Waals surface area contributed by atoms with E-state index < -0.39 is 0 Å². The molecule has 1 aromatic heterocycles. The molecule has 0 saturated heterocycles. The molecule has 2 N–H and O–H groups in total. The third-order valence-electron chi connectivity index (χ3n) is 2.01. The van der Waals surface area contributed by atoms with Crippen LogP contribution in [0.4, 0.5) is 11.5 Å². The molecule has 0 saturated carbocycles. The van der Waals surface area contributed by atoms with E-state index in [1.807, 2.05) is 11.9 Å². The van der Waals surface area contributed by atoms with E-state index in [1.165, 1.54) is 0 Å². The normalized spacial score (nSPS) is 9.40. The number of hydrogen-bond donors (Lipinski definition) is 1. The first-order valence-corrected chi connectivity index (χ1v) is 4.57. The van der Waals surface area contributed by atoms with Crippen LogP contribution in [-0.4, -0.2) is 25.7 Å². The van der Waals surface area contributed by atoms with Crippen LogP contribution in [0.1, 0.15) is 6.42 Å². The Kier molecular flexibility index (Phi) is 3.75. The number of nitrogen functional groups attached to an aromatic ring is 1. The number of ether oxygens (including phenoxy) is 1. The van der Waals surface area contributed by atoms with Gasteiger partial charge >= 0.3 is 0 Å². The quantitative estimate of drug-likeness (QED) is 0.796. The van der Waals surface area contributed by atoms with Gasteiger partial charge in [-0.05, 0) is 6.07 Å². The molecular formula is C10H14N4O. The molecule has 0 radical (unpaired) electrons. The Labute approximate surface area is 89.1 Å². The van der Waals surface area contributed by atoms with Crippen LogP contribution in [0.25, 0.3) is 0 Å². The van der Waals surface area contributed by atoms with Crippen LogP contribution in [0.3, 0.4) is 0 Å². The zero-order chi connectivity index (χ0) is 11.3. The Hall–Kier alpha value is -1.96. The lowest BCUT2D eigenvalue weighted by atomic mass is 10.3. The molecule has 0 atom stereocenters. The molecule has 0 aliphatic carbocycles. The lowest BCUT2D eigenvalue weighted by Crippen LogP contribution is -2.20. The van der Waals surface area contributed by atoms with E-state index in [4.69, 9.17) is 15.7 Å². The second-order valence-corrected chi connectivity index (χ2v) is 3.10. The molecule has 0 aliphatic rings. The van der Waals surface area contributed by atoms with Crippen LogP contribution in [0.5, 0.6) is 5.88 Å². The summed E-state index contributed by atoms with van der Waals surface area (Å²) in [4.78, 5) is 6.05. The molecular weight excluding hydrogens is 192 g/mol. The number of nitrogens with two attached hydrogens (primary N) is 1. The molecule has 80 valence electrons. The molecule has 1 rings (SSSR count). The Bertz CT molecular complexity index is 372. The first kappa shape index (κ1) is 11.1. The zero-order valence-electron chi connectivity index (χ0n) is 8.90. The van der Waals surface area contributed by atoms with Crippen molar-refractivity contribution in [3.8, 4) is 11.9 Å². The van der Waals surface area contributed by atoms with Gasteiger partial charge in [0.05, 0.1) is 25.3 Å². The molecule has 15 heavy (non-hydrogen) atoms. The Balaban J connectivity index is 2.87. The van der Waals surface area contributed by atoms with Gasteiger partial charge in [-0.2, -0.15) is 10.2 Å². The molecule has 0 bridgehead atoms. The maximum Gasteiger partial charge on any atom is 0.215 e. The highest BCUT2D eigenvalue weighted by Gasteiger charge is 2.08. The summed E-state index contributed by atoms with van der Waals surface area (Å²) in [5.74, 6) is 1.16. The van der Waals surface area contributed by atoms with Crippen molar-refractivity contribution in [3.63, 3.8) is 0 Å². The largest absolute Gasteiger partial charge is 0.481 e. The Morgan fingerprint density at radius 3 is 2.93 bits per heavy atom. The van der Waals surface area contributed by atoms with Crippen molar-refractivity contribution in [3.05, 3.63) is 12.1 Å². The van der Waals surface area contributed by atoms with Crippen molar-refractivity contribution in [2.45, 2.75) is 6.42 Å². The first-order valence-electron chi connectivity index (χ1n) is 4.57. The molecule has 0 unspecified atom stereocenters. The predicted molar refractivity (Wildman–Crippen MR) is 58.7 cm³/mol. The fourth-order valence-corrected chi connectivity index (χ4v) is 1.18. The van der Waals surface area contributed by atoms with Crippen LogP contribution in [0.15, 0.2) is 12.1 Å². The molecule has 1 aromatic rings. The molecule has 0 amide bonds. The van der Waals surface area contributed by atoms with Crippen molar-refractivity contribution in [2.75, 3.05) is 31.3 Å². The van der Waals surface area contributed by atoms with E-state index >= 15 is 0 Å². The van der Waals surface area contributed by atoms with E-state index in [-0.39, 0.29) is 0 Å². The number of nitrogens with zero attached hydrogens (tertiary/aromatic N) is 3. The van der Waals surface area contributed by atoms with Crippen molar-refractivity contribution >= 4 is 11.5 Å². The van der Waals surface area contributed by atoms with Crippen molar-refractivity contribution < 1.29 is 4.74 Å². The predicted octanol–water partition coefficient (Wildman–Crippen LogP) is 1.02. The number of aromatic nitrogens is 1. The summed E-state index contributed by atoms with van der Waals surface area (Å²) < 4.78 is 5.01. The number of pyridine rings is 1. The SMILES string of the molecule is COc1ccc(N)c(N(C)CCC#N)n1. The minimum absolute atomic E-state index is 0.439. The average Bonchev–Trinajstić information content (AvgIpc) is 2.26. The second-order valence-electron chi connectivity index (χ2n) is 3.10. The van der Waals surface area contributed by atoms with E-state index in [9.17, 15) is 0 Å². The highest BCUT2D eigenvalue weighted by atomic mass is 16.5. The topological polar surface area (TPSA) is 75.2 Å². The lowest BCUT2D eigenvalue weighted by Gasteiger charge is -2.18. The molecule has 5 nitrogen and oxygen atoms in total. The third kappa shape index (κ3) is 2.74. The average molecular weight is 206 g/mol. The van der Waals surface area contributed by atoms with Crippen molar-refractivity contribution in [2.24, 2.45) is 0 Å². The van der Waals surface area contributed by atoms with E-state index in [2.05, 4.69) is 11.1 Å². The molecule has 5 heteroatoms. The molecule has 0 aromatic carbocycles. The van der Waals surface area contributed by atoms with Gasteiger partial charge < -0.3 is 15.4 Å². The number of methoxy groups -OCH3 is 1. The summed E-state index contributed by atoms with van der Waals surface area (Å²) in [6.45, 7) is 0.598. The fraction of sp³-hybridized carbons (Fsp3) is 0.400. The maximum atomic E-state index is 8.48. The maximum absolute atomic E-state index is 8.48. The number of hydrogen-bond acceptors (Lipinski definition) is 5. The van der Waals surface area contributed by atoms with E-state index in [0.29, 0.717) is 30.4 Å². The highest BCUT2D eigenvalue weighted by molar-refractivity contribution is 5.63. The van der Waals surface area contributed by atoms with Gasteiger partial charge in [-0.3, -0.25) is 0 Å². The molecule has 1 heterocycles. The summed E-state index contributed by atoms with van der Waals surface area (Å²) >= 11 is 0. The number of rotatable bonds is 4. The van der Waals surface area contributed by atoms with Gasteiger partial charge in [-0.15, -0.1) is 0 Å². The summed E-state index contributed by atoms with van der Waals surface area (Å²) in [5.41, 5.74) is 6.35. The van der Waals surface area contributed by atoms with Gasteiger partial charge in [0, 0.05) is 19.7 Å². The molecule has 0 aliphatic heterocycles. The summed E-state index contributed by atoms with van der Waals surface area (Å²) in [5, 5.41) is 8.48. The monoisotopic (exact) mass is 206 g/mol. The number of nitriles is 1. The summed E-state index contributed by atoms with van der Waals surface area (Å²) in [6.07, 6.45) is 0.439. The molecule has 0 fully saturated rings. The van der Waals surface area contributed by atoms with Crippen LogP contribution < -0.4 is 15.4 Å². The summed E-state index contributed by atoms with van der Waals surface area (Å²) in [7, 11) is 3.40. The van der Waals surface area contributed by atoms with Gasteiger partial charge in [0.2, 0.25) is 5.88 Å². The molecule has 0 spiro atoms. The fourth-order valence-electron chi connectivity index (χ4n) is 1.18.